The van der Waals surface area contributed by atoms with Crippen molar-refractivity contribution in [2.45, 2.75) is 51.4 Å². The first kappa shape index (κ1) is 24.5. The number of rotatable bonds is 8. The van der Waals surface area contributed by atoms with E-state index in [0.29, 0.717) is 67.7 Å². The van der Waals surface area contributed by atoms with Crippen molar-refractivity contribution in [3.63, 3.8) is 0 Å². The van der Waals surface area contributed by atoms with Gasteiger partial charge < -0.3 is 25.7 Å². The first-order valence-corrected chi connectivity index (χ1v) is 11.7. The van der Waals surface area contributed by atoms with Gasteiger partial charge in [0.2, 0.25) is 0 Å². The average Bonchev–Trinajstić information content (AvgIpc) is 2.80. The third-order valence-electron chi connectivity index (χ3n) is 6.79. The molecule has 3 rings (SSSR count). The smallest absolute Gasteiger partial charge is 0.303 e. The maximum atomic E-state index is 13.0. The SMILES string of the molecule is Nc1cc(C(=O)N2CCC(CCC(=O)O)CC2)cc(C(=O)N2CCC(CCC(=O)O)CC2)c1. The summed E-state index contributed by atoms with van der Waals surface area (Å²) in [6.45, 7) is 2.24. The van der Waals surface area contributed by atoms with Gasteiger partial charge in [-0.3, -0.25) is 19.2 Å². The average molecular weight is 460 g/mol. The summed E-state index contributed by atoms with van der Waals surface area (Å²) in [5.74, 6) is -1.31. The third kappa shape index (κ3) is 6.94. The Kier molecular flexibility index (Phi) is 8.30. The fourth-order valence-electron chi connectivity index (χ4n) is 4.77. The summed E-state index contributed by atoms with van der Waals surface area (Å²) in [4.78, 5) is 51.1. The van der Waals surface area contributed by atoms with E-state index in [1.807, 2.05) is 0 Å². The molecule has 0 saturated carbocycles. The van der Waals surface area contributed by atoms with E-state index in [1.54, 1.807) is 28.0 Å². The lowest BCUT2D eigenvalue weighted by Gasteiger charge is -2.33. The molecule has 2 heterocycles. The first-order valence-electron chi connectivity index (χ1n) is 11.7. The van der Waals surface area contributed by atoms with Crippen LogP contribution in [0.1, 0.15) is 72.1 Å². The van der Waals surface area contributed by atoms with Gasteiger partial charge in [-0.1, -0.05) is 0 Å². The summed E-state index contributed by atoms with van der Waals surface area (Å²) in [6.07, 6.45) is 4.62. The number of anilines is 1. The number of nitrogens with two attached hydrogens (primary N) is 1. The molecule has 180 valence electrons. The van der Waals surface area contributed by atoms with Crippen LogP contribution in [0.3, 0.4) is 0 Å². The second kappa shape index (κ2) is 11.2. The number of hydrogen-bond donors (Lipinski definition) is 3. The van der Waals surface area contributed by atoms with Crippen LogP contribution < -0.4 is 5.73 Å². The minimum Gasteiger partial charge on any atom is -0.481 e. The molecule has 0 bridgehead atoms. The number of amides is 2. The molecular weight excluding hydrogens is 426 g/mol. The number of nitrogens with zero attached hydrogens (tertiary/aromatic N) is 2. The number of carbonyl (C=O) groups is 4. The molecule has 2 aliphatic heterocycles. The minimum atomic E-state index is -0.796. The molecule has 0 aromatic heterocycles. The van der Waals surface area contributed by atoms with Crippen molar-refractivity contribution in [1.29, 1.82) is 0 Å². The molecule has 9 heteroatoms. The van der Waals surface area contributed by atoms with Crippen LogP contribution in [0.5, 0.6) is 0 Å². The van der Waals surface area contributed by atoms with Crippen LogP contribution in [0.25, 0.3) is 0 Å². The van der Waals surface area contributed by atoms with Gasteiger partial charge in [0, 0.05) is 55.8 Å². The van der Waals surface area contributed by atoms with Gasteiger partial charge in [0.25, 0.3) is 11.8 Å². The zero-order chi connectivity index (χ0) is 24.0. The Morgan fingerprint density at radius 3 is 1.42 bits per heavy atom. The summed E-state index contributed by atoms with van der Waals surface area (Å²) in [7, 11) is 0. The molecule has 2 fully saturated rings. The lowest BCUT2D eigenvalue weighted by molar-refractivity contribution is -0.138. The van der Waals surface area contributed by atoms with Crippen molar-refractivity contribution in [1.82, 2.24) is 9.80 Å². The fraction of sp³-hybridized carbons (Fsp3) is 0.583. The molecule has 2 amide bonds. The largest absolute Gasteiger partial charge is 0.481 e. The predicted octanol–water partition coefficient (Wildman–Crippen LogP) is 2.70. The standard InChI is InChI=1S/C24H33N3O6/c25-20-14-18(23(32)26-9-5-16(6-10-26)1-3-21(28)29)13-19(15-20)24(33)27-11-7-17(8-12-27)2-4-22(30)31/h13-17H,1-12,25H2,(H,28,29)(H,30,31). The van der Waals surface area contributed by atoms with Crippen LogP contribution in [-0.2, 0) is 9.59 Å². The molecular formula is C24H33N3O6. The number of nitrogen functional groups attached to an aromatic ring is 1. The Morgan fingerprint density at radius 2 is 1.09 bits per heavy atom. The number of aliphatic carboxylic acids is 2. The van der Waals surface area contributed by atoms with Crippen molar-refractivity contribution in [2.24, 2.45) is 11.8 Å². The van der Waals surface area contributed by atoms with Crippen LogP contribution in [0.2, 0.25) is 0 Å². The molecule has 0 spiro atoms. The van der Waals surface area contributed by atoms with Crippen molar-refractivity contribution in [2.75, 3.05) is 31.9 Å². The van der Waals surface area contributed by atoms with Gasteiger partial charge in [0.15, 0.2) is 0 Å². The second-order valence-corrected chi connectivity index (χ2v) is 9.18. The first-order chi connectivity index (χ1) is 15.7. The number of hydrogen-bond acceptors (Lipinski definition) is 5. The molecule has 0 unspecified atom stereocenters. The summed E-state index contributed by atoms with van der Waals surface area (Å²) >= 11 is 0. The van der Waals surface area contributed by atoms with E-state index in [-0.39, 0.29) is 24.7 Å². The van der Waals surface area contributed by atoms with E-state index in [1.165, 1.54) is 0 Å². The van der Waals surface area contributed by atoms with E-state index in [9.17, 15) is 19.2 Å². The van der Waals surface area contributed by atoms with E-state index in [2.05, 4.69) is 0 Å². The molecule has 0 atom stereocenters. The monoisotopic (exact) mass is 459 g/mol. The maximum Gasteiger partial charge on any atom is 0.303 e. The lowest BCUT2D eigenvalue weighted by Crippen LogP contribution is -2.39. The highest BCUT2D eigenvalue weighted by molar-refractivity contribution is 6.01. The number of benzene rings is 1. The third-order valence-corrected chi connectivity index (χ3v) is 6.79. The van der Waals surface area contributed by atoms with E-state index >= 15 is 0 Å². The molecule has 0 aliphatic carbocycles. The molecule has 33 heavy (non-hydrogen) atoms. The van der Waals surface area contributed by atoms with Gasteiger partial charge in [-0.05, 0) is 68.6 Å². The molecule has 1 aromatic carbocycles. The van der Waals surface area contributed by atoms with Gasteiger partial charge in [-0.15, -0.1) is 0 Å². The number of carboxylic acid groups (broad SMARTS) is 2. The van der Waals surface area contributed by atoms with Crippen LogP contribution in [0, 0.1) is 11.8 Å². The van der Waals surface area contributed by atoms with Crippen molar-refractivity contribution in [3.8, 4) is 0 Å². The maximum absolute atomic E-state index is 13.0. The van der Waals surface area contributed by atoms with Crippen LogP contribution in [0.4, 0.5) is 5.69 Å². The molecule has 2 saturated heterocycles. The Labute approximate surface area is 193 Å². The zero-order valence-corrected chi connectivity index (χ0v) is 18.9. The van der Waals surface area contributed by atoms with Crippen LogP contribution in [-0.4, -0.2) is 69.9 Å². The highest BCUT2D eigenvalue weighted by Crippen LogP contribution is 2.26. The highest BCUT2D eigenvalue weighted by Gasteiger charge is 2.27. The second-order valence-electron chi connectivity index (χ2n) is 9.18. The van der Waals surface area contributed by atoms with Gasteiger partial charge in [-0.2, -0.15) is 0 Å². The summed E-state index contributed by atoms with van der Waals surface area (Å²) in [5, 5.41) is 17.7. The van der Waals surface area contributed by atoms with Crippen molar-refractivity contribution < 1.29 is 29.4 Å². The van der Waals surface area contributed by atoms with Gasteiger partial charge in [0.1, 0.15) is 0 Å². The summed E-state index contributed by atoms with van der Waals surface area (Å²) in [6, 6.07) is 4.79. The van der Waals surface area contributed by atoms with Crippen LogP contribution in [0.15, 0.2) is 18.2 Å². The van der Waals surface area contributed by atoms with Crippen LogP contribution >= 0.6 is 0 Å². The highest BCUT2D eigenvalue weighted by atomic mass is 16.4. The Hall–Kier alpha value is -3.10. The van der Waals surface area contributed by atoms with Gasteiger partial charge in [0.05, 0.1) is 0 Å². The number of carbonyl (C=O) groups excluding carboxylic acids is 2. The van der Waals surface area contributed by atoms with Crippen molar-refractivity contribution >= 4 is 29.4 Å². The number of piperidine rings is 2. The van der Waals surface area contributed by atoms with E-state index < -0.39 is 11.9 Å². The van der Waals surface area contributed by atoms with Crippen molar-refractivity contribution in [3.05, 3.63) is 29.3 Å². The predicted molar refractivity (Wildman–Crippen MR) is 122 cm³/mol. The fourth-order valence-corrected chi connectivity index (χ4v) is 4.77. The normalized spacial score (nSPS) is 17.7. The molecule has 0 radical (unpaired) electrons. The lowest BCUT2D eigenvalue weighted by atomic mass is 9.91. The topological polar surface area (TPSA) is 141 Å². The van der Waals surface area contributed by atoms with E-state index in [4.69, 9.17) is 15.9 Å². The summed E-state index contributed by atoms with van der Waals surface area (Å²) in [5.41, 5.74) is 7.15. The number of carboxylic acids is 2. The quantitative estimate of drug-likeness (QED) is 0.508. The Morgan fingerprint density at radius 1 is 0.727 bits per heavy atom. The Bertz CT molecular complexity index is 818. The summed E-state index contributed by atoms with van der Waals surface area (Å²) < 4.78 is 0. The Balaban J connectivity index is 1.58. The molecule has 1 aromatic rings. The van der Waals surface area contributed by atoms with Gasteiger partial charge >= 0.3 is 11.9 Å². The van der Waals surface area contributed by atoms with Gasteiger partial charge in [-0.25, -0.2) is 0 Å². The minimum absolute atomic E-state index is 0.149. The molecule has 9 nitrogen and oxygen atoms in total. The number of likely N-dealkylation sites (tertiary alicyclic amines) is 2. The zero-order valence-electron chi connectivity index (χ0n) is 18.9. The molecule has 4 N–H and O–H groups in total. The molecule has 2 aliphatic rings. The van der Waals surface area contributed by atoms with E-state index in [0.717, 1.165) is 25.7 Å².